The van der Waals surface area contributed by atoms with Gasteiger partial charge in [-0.2, -0.15) is 0 Å². The topological polar surface area (TPSA) is 84.2 Å². The lowest BCUT2D eigenvalue weighted by Crippen LogP contribution is -2.28. The number of hydrogen-bond acceptors (Lipinski definition) is 3. The van der Waals surface area contributed by atoms with Gasteiger partial charge < -0.3 is 16.4 Å². The predicted octanol–water partition coefficient (Wildman–Crippen LogP) is 2.70. The molecule has 1 aliphatic carbocycles. The van der Waals surface area contributed by atoms with Gasteiger partial charge in [0, 0.05) is 30.3 Å². The smallest absolute Gasteiger partial charge is 0.251 e. The summed E-state index contributed by atoms with van der Waals surface area (Å²) in [6.45, 7) is 2.65. The number of anilines is 1. The quantitative estimate of drug-likeness (QED) is 0.745. The molecule has 0 bridgehead atoms. The lowest BCUT2D eigenvalue weighted by atomic mass is 10.00. The number of carbonyl (C=O) groups excluding carboxylic acids is 2. The molecule has 0 saturated heterocycles. The summed E-state index contributed by atoms with van der Waals surface area (Å²) < 4.78 is 0. The molecule has 1 aromatic carbocycles. The van der Waals surface area contributed by atoms with Crippen LogP contribution in [0.2, 0.25) is 0 Å². The molecule has 2 amide bonds. The third kappa shape index (κ3) is 5.84. The van der Waals surface area contributed by atoms with Crippen LogP contribution in [-0.2, 0) is 4.79 Å². The van der Waals surface area contributed by atoms with Crippen molar-refractivity contribution < 1.29 is 9.59 Å². The molecule has 2 atom stereocenters. The number of rotatable bonds is 6. The fourth-order valence-corrected chi connectivity index (χ4v) is 2.85. The van der Waals surface area contributed by atoms with Gasteiger partial charge in [-0.1, -0.05) is 19.4 Å². The molecule has 1 aromatic rings. The minimum Gasteiger partial charge on any atom is -0.352 e. The molecule has 1 saturated carbocycles. The standard InChI is InChI=1S/C17H25N3O2.ClH/c1-2-9-19-17(22)13-6-3-7-14(10-13)20-16(21)11-12-5-4-8-15(12)18;/h3,6-7,10,12,15H,2,4-5,8-9,11,18H2,1H3,(H,19,22)(H,20,21);1H/t12-,15+;/m0./s1. The van der Waals surface area contributed by atoms with Crippen molar-refractivity contribution in [1.82, 2.24) is 5.32 Å². The van der Waals surface area contributed by atoms with Gasteiger partial charge in [0.15, 0.2) is 0 Å². The molecule has 2 rings (SSSR count). The summed E-state index contributed by atoms with van der Waals surface area (Å²) in [5.74, 6) is 0.125. The van der Waals surface area contributed by atoms with Crippen molar-refractivity contribution >= 4 is 29.9 Å². The van der Waals surface area contributed by atoms with Gasteiger partial charge in [-0.05, 0) is 43.4 Å². The Kier molecular flexibility index (Phi) is 8.06. The van der Waals surface area contributed by atoms with E-state index in [1.165, 1.54) is 0 Å². The summed E-state index contributed by atoms with van der Waals surface area (Å²) in [6.07, 6.45) is 4.47. The molecule has 0 heterocycles. The van der Waals surface area contributed by atoms with Crippen LogP contribution in [0.5, 0.6) is 0 Å². The van der Waals surface area contributed by atoms with E-state index in [4.69, 9.17) is 5.73 Å². The highest BCUT2D eigenvalue weighted by Crippen LogP contribution is 2.27. The zero-order chi connectivity index (χ0) is 15.9. The van der Waals surface area contributed by atoms with Gasteiger partial charge in [-0.25, -0.2) is 0 Å². The van der Waals surface area contributed by atoms with Crippen LogP contribution >= 0.6 is 12.4 Å². The summed E-state index contributed by atoms with van der Waals surface area (Å²) in [4.78, 5) is 24.0. The molecule has 128 valence electrons. The maximum absolute atomic E-state index is 12.1. The molecule has 1 fully saturated rings. The highest BCUT2D eigenvalue weighted by Gasteiger charge is 2.26. The van der Waals surface area contributed by atoms with Crippen LogP contribution < -0.4 is 16.4 Å². The van der Waals surface area contributed by atoms with Gasteiger partial charge in [-0.3, -0.25) is 9.59 Å². The van der Waals surface area contributed by atoms with Gasteiger partial charge in [0.05, 0.1) is 0 Å². The van der Waals surface area contributed by atoms with Gasteiger partial charge >= 0.3 is 0 Å². The number of hydrogen-bond donors (Lipinski definition) is 3. The Balaban J connectivity index is 0.00000264. The molecule has 5 nitrogen and oxygen atoms in total. The van der Waals surface area contributed by atoms with Crippen molar-refractivity contribution in [3.05, 3.63) is 29.8 Å². The average molecular weight is 340 g/mol. The van der Waals surface area contributed by atoms with Gasteiger partial charge in [0.25, 0.3) is 5.91 Å². The third-order valence-corrected chi connectivity index (χ3v) is 4.11. The SMILES string of the molecule is CCCNC(=O)c1cccc(NC(=O)C[C@@H]2CCC[C@H]2N)c1.Cl. The summed E-state index contributed by atoms with van der Waals surface area (Å²) in [5.41, 5.74) is 7.21. The molecule has 6 heteroatoms. The van der Waals surface area contributed by atoms with E-state index >= 15 is 0 Å². The van der Waals surface area contributed by atoms with E-state index in [0.717, 1.165) is 25.7 Å². The molecule has 23 heavy (non-hydrogen) atoms. The summed E-state index contributed by atoms with van der Waals surface area (Å²) in [6, 6.07) is 7.16. The van der Waals surface area contributed by atoms with E-state index in [1.54, 1.807) is 24.3 Å². The Labute approximate surface area is 143 Å². The zero-order valence-electron chi connectivity index (χ0n) is 13.5. The van der Waals surface area contributed by atoms with Crippen LogP contribution in [0, 0.1) is 5.92 Å². The van der Waals surface area contributed by atoms with Crippen LogP contribution in [0.15, 0.2) is 24.3 Å². The van der Waals surface area contributed by atoms with Crippen molar-refractivity contribution in [1.29, 1.82) is 0 Å². The molecule has 0 spiro atoms. The molecular formula is C17H26ClN3O2. The highest BCUT2D eigenvalue weighted by atomic mass is 35.5. The fraction of sp³-hybridized carbons (Fsp3) is 0.529. The predicted molar refractivity (Wildman–Crippen MR) is 94.9 cm³/mol. The van der Waals surface area contributed by atoms with Crippen molar-refractivity contribution in [3.8, 4) is 0 Å². The highest BCUT2D eigenvalue weighted by molar-refractivity contribution is 5.97. The van der Waals surface area contributed by atoms with Crippen LogP contribution in [-0.4, -0.2) is 24.4 Å². The summed E-state index contributed by atoms with van der Waals surface area (Å²) in [7, 11) is 0. The average Bonchev–Trinajstić information content (AvgIpc) is 2.90. The van der Waals surface area contributed by atoms with Crippen LogP contribution in [0.4, 0.5) is 5.69 Å². The van der Waals surface area contributed by atoms with Gasteiger partial charge in [0.2, 0.25) is 5.91 Å². The summed E-state index contributed by atoms with van der Waals surface area (Å²) in [5, 5.41) is 5.69. The zero-order valence-corrected chi connectivity index (χ0v) is 14.3. The van der Waals surface area contributed by atoms with E-state index < -0.39 is 0 Å². The van der Waals surface area contributed by atoms with E-state index in [0.29, 0.717) is 24.2 Å². The number of nitrogens with one attached hydrogen (secondary N) is 2. The number of halogens is 1. The minimum atomic E-state index is -0.115. The second-order valence-electron chi connectivity index (χ2n) is 5.94. The number of benzene rings is 1. The first-order valence-electron chi connectivity index (χ1n) is 8.04. The monoisotopic (exact) mass is 339 g/mol. The minimum absolute atomic E-state index is 0. The van der Waals surface area contributed by atoms with E-state index in [9.17, 15) is 9.59 Å². The first kappa shape index (κ1) is 19.5. The molecule has 0 aromatic heterocycles. The fourth-order valence-electron chi connectivity index (χ4n) is 2.85. The Morgan fingerprint density at radius 3 is 2.74 bits per heavy atom. The Morgan fingerprint density at radius 2 is 2.09 bits per heavy atom. The maximum atomic E-state index is 12.1. The largest absolute Gasteiger partial charge is 0.352 e. The van der Waals surface area contributed by atoms with Crippen LogP contribution in [0.3, 0.4) is 0 Å². The van der Waals surface area contributed by atoms with Crippen LogP contribution in [0.25, 0.3) is 0 Å². The molecule has 1 aliphatic rings. The lowest BCUT2D eigenvalue weighted by Gasteiger charge is -2.15. The molecule has 0 aliphatic heterocycles. The molecule has 0 unspecified atom stereocenters. The lowest BCUT2D eigenvalue weighted by molar-refractivity contribution is -0.117. The Morgan fingerprint density at radius 1 is 1.30 bits per heavy atom. The normalized spacial score (nSPS) is 19.7. The first-order chi connectivity index (χ1) is 10.6. The number of amides is 2. The van der Waals surface area contributed by atoms with Gasteiger partial charge in [0.1, 0.15) is 0 Å². The van der Waals surface area contributed by atoms with E-state index in [-0.39, 0.29) is 36.2 Å². The number of nitrogens with two attached hydrogens (primary N) is 1. The Bertz CT molecular complexity index is 536. The van der Waals surface area contributed by atoms with Crippen molar-refractivity contribution in [2.75, 3.05) is 11.9 Å². The third-order valence-electron chi connectivity index (χ3n) is 4.11. The second kappa shape index (κ2) is 9.53. The molecule has 0 radical (unpaired) electrons. The number of carbonyl (C=O) groups is 2. The summed E-state index contributed by atoms with van der Waals surface area (Å²) >= 11 is 0. The first-order valence-corrected chi connectivity index (χ1v) is 8.04. The molecule has 4 N–H and O–H groups in total. The Hall–Kier alpha value is -1.59. The van der Waals surface area contributed by atoms with E-state index in [2.05, 4.69) is 10.6 Å². The van der Waals surface area contributed by atoms with Crippen molar-refractivity contribution in [3.63, 3.8) is 0 Å². The maximum Gasteiger partial charge on any atom is 0.251 e. The molecular weight excluding hydrogens is 314 g/mol. The van der Waals surface area contributed by atoms with Crippen LogP contribution in [0.1, 0.15) is 49.4 Å². The van der Waals surface area contributed by atoms with E-state index in [1.807, 2.05) is 6.92 Å². The second-order valence-corrected chi connectivity index (χ2v) is 5.94. The van der Waals surface area contributed by atoms with Crippen molar-refractivity contribution in [2.24, 2.45) is 11.7 Å². The van der Waals surface area contributed by atoms with Gasteiger partial charge in [-0.15, -0.1) is 12.4 Å². The van der Waals surface area contributed by atoms with Crippen molar-refractivity contribution in [2.45, 2.75) is 45.1 Å².